The standard InChI is InChI=1S/C13H3F4N3O/c14-9-5(3-18)1-2-6-7-4-19-12(13(15,16)17)20-10(7)11(21)8(6)9/h1-2,4H. The maximum atomic E-state index is 14.0. The molecule has 1 aliphatic rings. The minimum atomic E-state index is -4.81. The second-order valence-corrected chi connectivity index (χ2v) is 4.24. The Morgan fingerprint density at radius 1 is 1.19 bits per heavy atom. The molecule has 0 atom stereocenters. The van der Waals surface area contributed by atoms with Crippen LogP contribution >= 0.6 is 0 Å². The Balaban J connectivity index is 2.26. The Hall–Kier alpha value is -2.82. The lowest BCUT2D eigenvalue weighted by atomic mass is 10.0. The number of carbonyl (C=O) groups excluding carboxylic acids is 1. The van der Waals surface area contributed by atoms with Gasteiger partial charge in [-0.25, -0.2) is 14.4 Å². The summed E-state index contributed by atoms with van der Waals surface area (Å²) in [6, 6.07) is 4.00. The number of halogens is 4. The monoisotopic (exact) mass is 293 g/mol. The van der Waals surface area contributed by atoms with Crippen LogP contribution in [0.25, 0.3) is 11.1 Å². The van der Waals surface area contributed by atoms with Crippen molar-refractivity contribution in [3.8, 4) is 17.2 Å². The number of carbonyl (C=O) groups is 1. The molecule has 21 heavy (non-hydrogen) atoms. The van der Waals surface area contributed by atoms with E-state index in [9.17, 15) is 22.4 Å². The second kappa shape index (κ2) is 4.09. The third-order valence-electron chi connectivity index (χ3n) is 3.04. The van der Waals surface area contributed by atoms with Gasteiger partial charge in [-0.15, -0.1) is 0 Å². The van der Waals surface area contributed by atoms with Gasteiger partial charge in [-0.2, -0.15) is 18.4 Å². The molecule has 0 aliphatic heterocycles. The van der Waals surface area contributed by atoms with Crippen LogP contribution in [0.4, 0.5) is 17.6 Å². The summed E-state index contributed by atoms with van der Waals surface area (Å²) in [6.07, 6.45) is -3.97. The molecule has 0 spiro atoms. The summed E-state index contributed by atoms with van der Waals surface area (Å²) in [7, 11) is 0. The fraction of sp³-hybridized carbons (Fsp3) is 0.0769. The van der Waals surface area contributed by atoms with Gasteiger partial charge in [-0.3, -0.25) is 4.79 Å². The molecule has 0 amide bonds. The number of alkyl halides is 3. The van der Waals surface area contributed by atoms with E-state index >= 15 is 0 Å². The van der Waals surface area contributed by atoms with Crippen molar-refractivity contribution in [2.75, 3.05) is 0 Å². The first-order valence-electron chi connectivity index (χ1n) is 5.56. The zero-order valence-electron chi connectivity index (χ0n) is 9.99. The number of hydrogen-bond donors (Lipinski definition) is 0. The quantitative estimate of drug-likeness (QED) is 0.598. The molecule has 0 bridgehead atoms. The van der Waals surface area contributed by atoms with Crippen molar-refractivity contribution >= 4 is 5.78 Å². The molecular weight excluding hydrogens is 290 g/mol. The molecule has 4 nitrogen and oxygen atoms in total. The van der Waals surface area contributed by atoms with Crippen LogP contribution in [0.1, 0.15) is 27.4 Å². The van der Waals surface area contributed by atoms with E-state index < -0.39 is 34.9 Å². The molecule has 104 valence electrons. The molecule has 1 heterocycles. The number of hydrogen-bond acceptors (Lipinski definition) is 4. The zero-order chi connectivity index (χ0) is 15.4. The van der Waals surface area contributed by atoms with Crippen LogP contribution in [0.2, 0.25) is 0 Å². The third-order valence-corrected chi connectivity index (χ3v) is 3.04. The Labute approximate surface area is 114 Å². The average Bonchev–Trinajstić information content (AvgIpc) is 2.72. The number of ketones is 1. The van der Waals surface area contributed by atoms with Gasteiger partial charge in [-0.05, 0) is 11.6 Å². The van der Waals surface area contributed by atoms with Crippen molar-refractivity contribution in [2.45, 2.75) is 6.18 Å². The SMILES string of the molecule is N#Cc1ccc2c(c1F)C(=O)c1nc(C(F)(F)F)ncc1-2. The highest BCUT2D eigenvalue weighted by Crippen LogP contribution is 2.38. The molecule has 1 aliphatic carbocycles. The van der Waals surface area contributed by atoms with Crippen LogP contribution in [-0.2, 0) is 6.18 Å². The van der Waals surface area contributed by atoms with Crippen LogP contribution in [0.15, 0.2) is 18.3 Å². The van der Waals surface area contributed by atoms with Gasteiger partial charge in [0.2, 0.25) is 11.6 Å². The lowest BCUT2D eigenvalue weighted by molar-refractivity contribution is -0.145. The lowest BCUT2D eigenvalue weighted by Gasteiger charge is -2.05. The van der Waals surface area contributed by atoms with E-state index in [1.807, 2.05) is 0 Å². The molecule has 3 rings (SSSR count). The molecule has 2 aromatic rings. The molecule has 0 unspecified atom stereocenters. The van der Waals surface area contributed by atoms with Gasteiger partial charge < -0.3 is 0 Å². The maximum absolute atomic E-state index is 14.0. The predicted octanol–water partition coefficient (Wildman–Crippen LogP) is 2.72. The van der Waals surface area contributed by atoms with Crippen LogP contribution in [0, 0.1) is 17.1 Å². The molecule has 0 radical (unpaired) electrons. The van der Waals surface area contributed by atoms with Gasteiger partial charge in [0.1, 0.15) is 11.8 Å². The van der Waals surface area contributed by atoms with Gasteiger partial charge in [0.25, 0.3) is 0 Å². The highest BCUT2D eigenvalue weighted by molar-refractivity contribution is 6.20. The first-order chi connectivity index (χ1) is 9.84. The minimum Gasteiger partial charge on any atom is -0.287 e. The van der Waals surface area contributed by atoms with Crippen LogP contribution in [0.3, 0.4) is 0 Å². The van der Waals surface area contributed by atoms with Gasteiger partial charge in [0.05, 0.1) is 11.1 Å². The first kappa shape index (κ1) is 13.2. The van der Waals surface area contributed by atoms with Crippen molar-refractivity contribution in [3.63, 3.8) is 0 Å². The van der Waals surface area contributed by atoms with Crippen molar-refractivity contribution in [1.82, 2.24) is 9.97 Å². The Morgan fingerprint density at radius 2 is 1.90 bits per heavy atom. The molecule has 1 aromatic carbocycles. The average molecular weight is 293 g/mol. The number of nitriles is 1. The fourth-order valence-corrected chi connectivity index (χ4v) is 2.12. The van der Waals surface area contributed by atoms with Crippen LogP contribution in [0.5, 0.6) is 0 Å². The first-order valence-corrected chi connectivity index (χ1v) is 5.56. The van der Waals surface area contributed by atoms with E-state index in [0.717, 1.165) is 12.3 Å². The molecule has 0 fully saturated rings. The fourth-order valence-electron chi connectivity index (χ4n) is 2.12. The summed E-state index contributed by atoms with van der Waals surface area (Å²) in [5.41, 5.74) is -1.22. The summed E-state index contributed by atoms with van der Waals surface area (Å²) >= 11 is 0. The molecule has 1 aromatic heterocycles. The molecular formula is C13H3F4N3O. The van der Waals surface area contributed by atoms with Crippen molar-refractivity contribution in [3.05, 3.63) is 46.8 Å². The Kier molecular flexibility index (Phi) is 2.56. The Morgan fingerprint density at radius 3 is 2.52 bits per heavy atom. The van der Waals surface area contributed by atoms with E-state index in [1.54, 1.807) is 6.07 Å². The summed E-state index contributed by atoms with van der Waals surface area (Å²) in [6.45, 7) is 0. The van der Waals surface area contributed by atoms with Gasteiger partial charge in [0.15, 0.2) is 5.82 Å². The molecule has 0 N–H and O–H groups in total. The normalized spacial score (nSPS) is 12.8. The van der Waals surface area contributed by atoms with Crippen LogP contribution in [-0.4, -0.2) is 15.8 Å². The number of fused-ring (bicyclic) bond motifs is 3. The van der Waals surface area contributed by atoms with Gasteiger partial charge in [0, 0.05) is 11.8 Å². The second-order valence-electron chi connectivity index (χ2n) is 4.24. The molecule has 0 saturated heterocycles. The summed E-state index contributed by atoms with van der Waals surface area (Å²) in [4.78, 5) is 18.4. The number of benzene rings is 1. The van der Waals surface area contributed by atoms with E-state index in [-0.39, 0.29) is 16.7 Å². The topological polar surface area (TPSA) is 66.6 Å². The summed E-state index contributed by atoms with van der Waals surface area (Å²) < 4.78 is 51.7. The molecule has 0 saturated carbocycles. The van der Waals surface area contributed by atoms with E-state index in [1.165, 1.54) is 6.07 Å². The molecule has 8 heteroatoms. The van der Waals surface area contributed by atoms with Crippen molar-refractivity contribution in [2.24, 2.45) is 0 Å². The highest BCUT2D eigenvalue weighted by atomic mass is 19.4. The van der Waals surface area contributed by atoms with Crippen molar-refractivity contribution < 1.29 is 22.4 Å². The van der Waals surface area contributed by atoms with Crippen LogP contribution < -0.4 is 0 Å². The van der Waals surface area contributed by atoms with E-state index in [4.69, 9.17) is 5.26 Å². The predicted molar refractivity (Wildman–Crippen MR) is 60.6 cm³/mol. The summed E-state index contributed by atoms with van der Waals surface area (Å²) in [5.74, 6) is -3.52. The highest BCUT2D eigenvalue weighted by Gasteiger charge is 2.39. The Bertz CT molecular complexity index is 837. The third kappa shape index (κ3) is 1.78. The largest absolute Gasteiger partial charge is 0.451 e. The minimum absolute atomic E-state index is 0.0198. The van der Waals surface area contributed by atoms with Gasteiger partial charge >= 0.3 is 6.18 Å². The van der Waals surface area contributed by atoms with E-state index in [0.29, 0.717) is 0 Å². The number of nitrogens with zero attached hydrogens (tertiary/aromatic N) is 3. The lowest BCUT2D eigenvalue weighted by Crippen LogP contribution is -2.13. The van der Waals surface area contributed by atoms with Crippen molar-refractivity contribution in [1.29, 1.82) is 5.26 Å². The van der Waals surface area contributed by atoms with E-state index in [2.05, 4.69) is 9.97 Å². The smallest absolute Gasteiger partial charge is 0.287 e. The number of rotatable bonds is 0. The summed E-state index contributed by atoms with van der Waals surface area (Å²) in [5, 5.41) is 8.73. The zero-order valence-corrected chi connectivity index (χ0v) is 9.99. The maximum Gasteiger partial charge on any atom is 0.451 e. The number of aromatic nitrogens is 2. The van der Waals surface area contributed by atoms with Gasteiger partial charge in [-0.1, -0.05) is 6.07 Å².